The molecule has 0 aromatic carbocycles. The van der Waals surface area contributed by atoms with E-state index in [-0.39, 0.29) is 31.1 Å². The van der Waals surface area contributed by atoms with Gasteiger partial charge < -0.3 is 14.2 Å². The molecule has 0 heterocycles. The van der Waals surface area contributed by atoms with Crippen molar-refractivity contribution in [3.05, 3.63) is 60.8 Å². The quantitative estimate of drug-likeness (QED) is 0.0261. The monoisotopic (exact) mass is 1130 g/mol. The minimum absolute atomic E-state index is 0.0713. The number of hydrogen-bond donors (Lipinski definition) is 0. The first kappa shape index (κ1) is 78.1. The van der Waals surface area contributed by atoms with E-state index >= 15 is 0 Å². The van der Waals surface area contributed by atoms with Crippen molar-refractivity contribution in [3.63, 3.8) is 0 Å². The van der Waals surface area contributed by atoms with E-state index in [9.17, 15) is 14.4 Å². The first-order valence-electron chi connectivity index (χ1n) is 35.8. The molecule has 1 atom stereocenters. The van der Waals surface area contributed by atoms with Crippen molar-refractivity contribution in [2.75, 3.05) is 13.2 Å². The Morgan fingerprint density at radius 3 is 0.753 bits per heavy atom. The molecule has 0 aliphatic heterocycles. The lowest BCUT2D eigenvalue weighted by Gasteiger charge is -2.18. The number of esters is 3. The maximum atomic E-state index is 12.9. The summed E-state index contributed by atoms with van der Waals surface area (Å²) in [7, 11) is 0. The zero-order valence-corrected chi connectivity index (χ0v) is 54.3. The van der Waals surface area contributed by atoms with Gasteiger partial charge in [0.05, 0.1) is 0 Å². The molecule has 0 aliphatic carbocycles. The smallest absolute Gasteiger partial charge is 0.306 e. The lowest BCUT2D eigenvalue weighted by atomic mass is 10.0. The molecule has 6 nitrogen and oxygen atoms in total. The molecule has 472 valence electrons. The molecule has 0 rings (SSSR count). The molecule has 0 spiro atoms. The van der Waals surface area contributed by atoms with E-state index in [2.05, 4.69) is 81.5 Å². The Hall–Kier alpha value is -2.89. The fourth-order valence-corrected chi connectivity index (χ4v) is 10.7. The third-order valence-electron chi connectivity index (χ3n) is 16.0. The van der Waals surface area contributed by atoms with Crippen molar-refractivity contribution in [2.45, 2.75) is 386 Å². The average Bonchev–Trinajstić information content (AvgIpc) is 3.47. The van der Waals surface area contributed by atoms with E-state index in [1.54, 1.807) is 0 Å². The predicted molar refractivity (Wildman–Crippen MR) is 353 cm³/mol. The van der Waals surface area contributed by atoms with Gasteiger partial charge >= 0.3 is 17.9 Å². The highest BCUT2D eigenvalue weighted by molar-refractivity contribution is 5.71. The number of rotatable bonds is 66. The molecule has 0 aromatic rings. The van der Waals surface area contributed by atoms with Crippen molar-refractivity contribution in [3.8, 4) is 0 Å². The molecule has 81 heavy (non-hydrogen) atoms. The summed E-state index contributed by atoms with van der Waals surface area (Å²) in [5.74, 6) is -0.854. The molecule has 0 saturated heterocycles. The topological polar surface area (TPSA) is 78.9 Å². The van der Waals surface area contributed by atoms with Gasteiger partial charge in [-0.05, 0) is 64.2 Å². The van der Waals surface area contributed by atoms with Crippen LogP contribution in [0.1, 0.15) is 380 Å². The Morgan fingerprint density at radius 1 is 0.259 bits per heavy atom. The summed E-state index contributed by atoms with van der Waals surface area (Å²) in [6.45, 7) is 6.58. The zero-order chi connectivity index (χ0) is 58.5. The maximum absolute atomic E-state index is 12.9. The second-order valence-electron chi connectivity index (χ2n) is 24.1. The molecular weight excluding hydrogens is 997 g/mol. The van der Waals surface area contributed by atoms with Crippen molar-refractivity contribution < 1.29 is 28.6 Å². The zero-order valence-electron chi connectivity index (χ0n) is 54.3. The number of ether oxygens (including phenoxy) is 3. The summed E-state index contributed by atoms with van der Waals surface area (Å²) in [4.78, 5) is 38.4. The van der Waals surface area contributed by atoms with Gasteiger partial charge in [0.15, 0.2) is 6.10 Å². The second-order valence-corrected chi connectivity index (χ2v) is 24.1. The van der Waals surface area contributed by atoms with Crippen molar-refractivity contribution in [1.29, 1.82) is 0 Å². The van der Waals surface area contributed by atoms with E-state index in [1.807, 2.05) is 0 Å². The van der Waals surface area contributed by atoms with Gasteiger partial charge in [-0.25, -0.2) is 0 Å². The Bertz CT molecular complexity index is 1440. The summed E-state index contributed by atoms with van der Waals surface area (Å²) >= 11 is 0. The molecule has 1 unspecified atom stereocenters. The van der Waals surface area contributed by atoms with Crippen LogP contribution < -0.4 is 0 Å². The molecule has 0 aliphatic rings. The molecule has 0 fully saturated rings. The van der Waals surface area contributed by atoms with E-state index in [1.165, 1.54) is 244 Å². The van der Waals surface area contributed by atoms with Crippen LogP contribution >= 0.6 is 0 Å². The number of hydrogen-bond acceptors (Lipinski definition) is 6. The van der Waals surface area contributed by atoms with Gasteiger partial charge in [-0.15, -0.1) is 0 Å². The predicted octanol–water partition coefficient (Wildman–Crippen LogP) is 24.7. The minimum Gasteiger partial charge on any atom is -0.462 e. The van der Waals surface area contributed by atoms with Crippen LogP contribution in [0.25, 0.3) is 0 Å². The van der Waals surface area contributed by atoms with Crippen LogP contribution in [0.4, 0.5) is 0 Å². The summed E-state index contributed by atoms with van der Waals surface area (Å²) in [6.07, 6.45) is 89.7. The summed E-state index contributed by atoms with van der Waals surface area (Å²) in [5, 5.41) is 0. The maximum Gasteiger partial charge on any atom is 0.306 e. The summed E-state index contributed by atoms with van der Waals surface area (Å²) in [5.41, 5.74) is 0. The van der Waals surface area contributed by atoms with Crippen LogP contribution in [0.3, 0.4) is 0 Å². The SMILES string of the molecule is CC/C=C\C/C=C\C/C=C\C/C=C\C/C=C\CCCCCCCCCCCC(=O)OC(COC(=O)CCCCCCCCCCCCC)COC(=O)CCCCCCCCCCCCCCCCCCCCCCCCCCCCC. The molecule has 0 aromatic heterocycles. The minimum atomic E-state index is -0.775. The normalized spacial score (nSPS) is 12.4. The van der Waals surface area contributed by atoms with Crippen molar-refractivity contribution >= 4 is 17.9 Å². The third kappa shape index (κ3) is 67.8. The van der Waals surface area contributed by atoms with Crippen LogP contribution in [0.5, 0.6) is 0 Å². The second kappa shape index (κ2) is 69.6. The van der Waals surface area contributed by atoms with Crippen LogP contribution in [0, 0.1) is 0 Å². The number of carbonyl (C=O) groups excluding carboxylic acids is 3. The highest BCUT2D eigenvalue weighted by Crippen LogP contribution is 2.19. The van der Waals surface area contributed by atoms with Crippen molar-refractivity contribution in [2.24, 2.45) is 0 Å². The first-order chi connectivity index (χ1) is 40.0. The highest BCUT2D eigenvalue weighted by atomic mass is 16.6. The van der Waals surface area contributed by atoms with Crippen LogP contribution in [0.15, 0.2) is 60.8 Å². The standard InChI is InChI=1S/C75H136O6/c1-4-7-10-13-16-19-22-24-26-28-30-32-34-36-37-39-40-42-44-46-48-50-53-56-59-62-65-68-74(77)80-71-72(70-79-73(76)67-64-61-58-55-52-21-18-15-12-9-6-3)81-75(78)69-66-63-60-57-54-51-49-47-45-43-41-38-35-33-31-29-27-25-23-20-17-14-11-8-5-2/h8,11,17,20,25,27,31,33,38,41,72H,4-7,9-10,12-16,18-19,21-24,26,28-30,32,34-37,39-40,42-71H2,1-3H3/b11-8-,20-17-,27-25-,33-31-,41-38-. The Kier molecular flexibility index (Phi) is 67.1. The largest absolute Gasteiger partial charge is 0.462 e. The van der Waals surface area contributed by atoms with Crippen LogP contribution in [0.2, 0.25) is 0 Å². The molecular formula is C75H136O6. The Labute approximate surface area is 504 Å². The number of carbonyl (C=O) groups is 3. The van der Waals surface area contributed by atoms with Gasteiger partial charge in [0.25, 0.3) is 0 Å². The van der Waals surface area contributed by atoms with Gasteiger partial charge in [-0.1, -0.05) is 358 Å². The number of allylic oxidation sites excluding steroid dienone is 10. The molecule has 0 radical (unpaired) electrons. The lowest BCUT2D eigenvalue weighted by Crippen LogP contribution is -2.30. The number of unbranched alkanes of at least 4 members (excludes halogenated alkanes) is 45. The van der Waals surface area contributed by atoms with Gasteiger partial charge in [-0.3, -0.25) is 14.4 Å². The lowest BCUT2D eigenvalue weighted by molar-refractivity contribution is -0.167. The molecule has 0 amide bonds. The van der Waals surface area contributed by atoms with E-state index in [0.717, 1.165) is 96.3 Å². The van der Waals surface area contributed by atoms with E-state index < -0.39 is 6.10 Å². The molecule has 6 heteroatoms. The van der Waals surface area contributed by atoms with Gasteiger partial charge in [0, 0.05) is 19.3 Å². The van der Waals surface area contributed by atoms with Gasteiger partial charge in [0.1, 0.15) is 13.2 Å². The third-order valence-corrected chi connectivity index (χ3v) is 16.0. The van der Waals surface area contributed by atoms with E-state index in [4.69, 9.17) is 14.2 Å². The Morgan fingerprint density at radius 2 is 0.481 bits per heavy atom. The first-order valence-corrected chi connectivity index (χ1v) is 35.8. The molecule has 0 bridgehead atoms. The fraction of sp³-hybridized carbons (Fsp3) is 0.827. The fourth-order valence-electron chi connectivity index (χ4n) is 10.7. The molecule has 0 N–H and O–H groups in total. The van der Waals surface area contributed by atoms with Gasteiger partial charge in [-0.2, -0.15) is 0 Å². The van der Waals surface area contributed by atoms with Crippen LogP contribution in [-0.4, -0.2) is 37.2 Å². The average molecular weight is 1130 g/mol. The Balaban J connectivity index is 4.19. The summed E-state index contributed by atoms with van der Waals surface area (Å²) < 4.78 is 17.0. The highest BCUT2D eigenvalue weighted by Gasteiger charge is 2.19. The molecule has 0 saturated carbocycles. The van der Waals surface area contributed by atoms with E-state index in [0.29, 0.717) is 19.3 Å². The van der Waals surface area contributed by atoms with Crippen molar-refractivity contribution in [1.82, 2.24) is 0 Å². The summed E-state index contributed by atoms with van der Waals surface area (Å²) in [6, 6.07) is 0. The van der Waals surface area contributed by atoms with Crippen LogP contribution in [-0.2, 0) is 28.6 Å². The van der Waals surface area contributed by atoms with Gasteiger partial charge in [0.2, 0.25) is 0 Å².